The third-order valence-corrected chi connectivity index (χ3v) is 5.43. The molecule has 1 N–H and O–H groups in total. The van der Waals surface area contributed by atoms with E-state index in [1.165, 1.54) is 16.2 Å². The van der Waals surface area contributed by atoms with Crippen LogP contribution in [0.5, 0.6) is 0 Å². The number of nitrogens with one attached hydrogen (secondary N) is 1. The molecule has 0 saturated carbocycles. The molecule has 1 aromatic rings. The zero-order valence-corrected chi connectivity index (χ0v) is 12.0. The van der Waals surface area contributed by atoms with Crippen LogP contribution in [0, 0.1) is 12.3 Å². The standard InChI is InChI=1S/C14H19NS2/c1-4-6-11(5-2)15-13-9-10(3)17-14-12(13)7-8-16-14/h2,7-8,10-11,13,15H,4,6,9H2,1,3H3/t10-,11?,13?/m0/s1. The maximum absolute atomic E-state index is 5.59. The Labute approximate surface area is 112 Å². The molecule has 0 aromatic carbocycles. The van der Waals surface area contributed by atoms with Gasteiger partial charge >= 0.3 is 0 Å². The molecule has 1 aliphatic heterocycles. The maximum atomic E-state index is 5.59. The summed E-state index contributed by atoms with van der Waals surface area (Å²) in [5.41, 5.74) is 1.45. The third-order valence-electron chi connectivity index (χ3n) is 3.09. The molecule has 0 bridgehead atoms. The molecule has 1 aliphatic rings. The van der Waals surface area contributed by atoms with Gasteiger partial charge in [0.05, 0.1) is 10.3 Å². The molecular formula is C14H19NS2. The van der Waals surface area contributed by atoms with Crippen molar-refractivity contribution in [1.29, 1.82) is 0 Å². The SMILES string of the molecule is C#CC(CCC)NC1C[C@H](C)Sc2sccc21. The maximum Gasteiger partial charge on any atom is 0.0691 e. The van der Waals surface area contributed by atoms with E-state index in [2.05, 4.69) is 36.5 Å². The number of thioether (sulfide) groups is 1. The third kappa shape index (κ3) is 3.07. The fourth-order valence-electron chi connectivity index (χ4n) is 2.25. The van der Waals surface area contributed by atoms with Crippen LogP contribution in [-0.4, -0.2) is 11.3 Å². The zero-order valence-electron chi connectivity index (χ0n) is 10.4. The van der Waals surface area contributed by atoms with Gasteiger partial charge in [-0.1, -0.05) is 26.2 Å². The molecule has 3 heteroatoms. The van der Waals surface area contributed by atoms with E-state index in [1.807, 2.05) is 23.1 Å². The zero-order chi connectivity index (χ0) is 12.3. The normalized spacial score (nSPS) is 25.0. The van der Waals surface area contributed by atoms with Gasteiger partial charge in [-0.3, -0.25) is 5.32 Å². The quantitative estimate of drug-likeness (QED) is 0.824. The van der Waals surface area contributed by atoms with E-state index >= 15 is 0 Å². The highest BCUT2D eigenvalue weighted by atomic mass is 32.2. The van der Waals surface area contributed by atoms with Crippen LogP contribution in [0.15, 0.2) is 15.7 Å². The second-order valence-electron chi connectivity index (χ2n) is 4.55. The van der Waals surface area contributed by atoms with Gasteiger partial charge in [0.2, 0.25) is 0 Å². The fourth-order valence-corrected chi connectivity index (χ4v) is 4.82. The lowest BCUT2D eigenvalue weighted by Crippen LogP contribution is -2.34. The van der Waals surface area contributed by atoms with Crippen LogP contribution in [0.3, 0.4) is 0 Å². The molecule has 0 saturated heterocycles. The Balaban J connectivity index is 2.09. The molecule has 92 valence electrons. The van der Waals surface area contributed by atoms with Gasteiger partial charge in [0.1, 0.15) is 0 Å². The van der Waals surface area contributed by atoms with Gasteiger partial charge < -0.3 is 0 Å². The Morgan fingerprint density at radius 1 is 1.65 bits per heavy atom. The lowest BCUT2D eigenvalue weighted by Gasteiger charge is -2.29. The minimum atomic E-state index is 0.216. The van der Waals surface area contributed by atoms with Crippen molar-refractivity contribution in [1.82, 2.24) is 5.32 Å². The van der Waals surface area contributed by atoms with E-state index in [1.54, 1.807) is 0 Å². The Morgan fingerprint density at radius 3 is 3.18 bits per heavy atom. The van der Waals surface area contributed by atoms with Crippen molar-refractivity contribution in [3.05, 3.63) is 17.0 Å². The first kappa shape index (κ1) is 13.0. The first-order valence-electron chi connectivity index (χ1n) is 6.20. The number of fused-ring (bicyclic) bond motifs is 1. The fraction of sp³-hybridized carbons (Fsp3) is 0.571. The van der Waals surface area contributed by atoms with E-state index < -0.39 is 0 Å². The van der Waals surface area contributed by atoms with Crippen LogP contribution < -0.4 is 5.32 Å². The molecule has 1 nitrogen and oxygen atoms in total. The minimum Gasteiger partial charge on any atom is -0.297 e. The van der Waals surface area contributed by atoms with Crippen molar-refractivity contribution in [2.75, 3.05) is 0 Å². The van der Waals surface area contributed by atoms with Gasteiger partial charge in [0.15, 0.2) is 0 Å². The van der Waals surface area contributed by atoms with Crippen LogP contribution in [-0.2, 0) is 0 Å². The van der Waals surface area contributed by atoms with Crippen LogP contribution in [0.25, 0.3) is 0 Å². The van der Waals surface area contributed by atoms with Crippen molar-refractivity contribution in [3.8, 4) is 12.3 Å². The highest BCUT2D eigenvalue weighted by molar-refractivity contribution is 8.01. The van der Waals surface area contributed by atoms with E-state index in [0.29, 0.717) is 11.3 Å². The molecule has 2 unspecified atom stereocenters. The number of thiophene rings is 1. The summed E-state index contributed by atoms with van der Waals surface area (Å²) in [6.45, 7) is 4.48. The van der Waals surface area contributed by atoms with Crippen LogP contribution >= 0.6 is 23.1 Å². The van der Waals surface area contributed by atoms with Gasteiger partial charge in [-0.15, -0.1) is 29.5 Å². The Morgan fingerprint density at radius 2 is 2.47 bits per heavy atom. The summed E-state index contributed by atoms with van der Waals surface area (Å²) >= 11 is 3.85. The minimum absolute atomic E-state index is 0.216. The second kappa shape index (κ2) is 5.95. The van der Waals surface area contributed by atoms with Crippen LogP contribution in [0.4, 0.5) is 0 Å². The summed E-state index contributed by atoms with van der Waals surface area (Å²) in [6, 6.07) is 2.91. The molecule has 2 heterocycles. The van der Waals surface area contributed by atoms with Crippen molar-refractivity contribution < 1.29 is 0 Å². The molecule has 0 fully saturated rings. The Hall–Kier alpha value is -0.430. The molecule has 1 aromatic heterocycles. The number of rotatable bonds is 4. The molecule has 0 amide bonds. The molecule has 2 rings (SSSR count). The summed E-state index contributed by atoms with van der Waals surface area (Å²) < 4.78 is 1.47. The van der Waals surface area contributed by atoms with E-state index in [0.717, 1.165) is 12.8 Å². The second-order valence-corrected chi connectivity index (χ2v) is 7.18. The van der Waals surface area contributed by atoms with Gasteiger partial charge in [-0.05, 0) is 29.9 Å². The van der Waals surface area contributed by atoms with Gasteiger partial charge in [0.25, 0.3) is 0 Å². The molecule has 0 spiro atoms. The van der Waals surface area contributed by atoms with E-state index in [4.69, 9.17) is 6.42 Å². The van der Waals surface area contributed by atoms with Gasteiger partial charge in [0, 0.05) is 11.3 Å². The van der Waals surface area contributed by atoms with E-state index in [-0.39, 0.29) is 6.04 Å². The predicted octanol–water partition coefficient (Wildman–Crippen LogP) is 4.07. The average Bonchev–Trinajstić information content (AvgIpc) is 2.76. The largest absolute Gasteiger partial charge is 0.297 e. The number of hydrogen-bond acceptors (Lipinski definition) is 3. The van der Waals surface area contributed by atoms with Crippen LogP contribution in [0.2, 0.25) is 0 Å². The number of hydrogen-bond donors (Lipinski definition) is 1. The summed E-state index contributed by atoms with van der Waals surface area (Å²) in [7, 11) is 0. The van der Waals surface area contributed by atoms with Crippen molar-refractivity contribution >= 4 is 23.1 Å². The van der Waals surface area contributed by atoms with E-state index in [9.17, 15) is 0 Å². The van der Waals surface area contributed by atoms with Crippen molar-refractivity contribution in [2.45, 2.75) is 54.7 Å². The number of terminal acetylenes is 1. The highest BCUT2D eigenvalue weighted by Gasteiger charge is 2.27. The topological polar surface area (TPSA) is 12.0 Å². The Bertz CT molecular complexity index is 405. The summed E-state index contributed by atoms with van der Waals surface area (Å²) in [6.07, 6.45) is 8.97. The predicted molar refractivity (Wildman–Crippen MR) is 77.7 cm³/mol. The summed E-state index contributed by atoms with van der Waals surface area (Å²) in [4.78, 5) is 0. The first-order valence-corrected chi connectivity index (χ1v) is 7.96. The molecule has 17 heavy (non-hydrogen) atoms. The molecule has 3 atom stereocenters. The molecular weight excluding hydrogens is 246 g/mol. The van der Waals surface area contributed by atoms with Crippen molar-refractivity contribution in [3.63, 3.8) is 0 Å². The lowest BCUT2D eigenvalue weighted by atomic mass is 10.0. The van der Waals surface area contributed by atoms with Crippen LogP contribution in [0.1, 0.15) is 44.7 Å². The lowest BCUT2D eigenvalue weighted by molar-refractivity contribution is 0.440. The first-order chi connectivity index (χ1) is 8.24. The summed E-state index contributed by atoms with van der Waals surface area (Å²) in [5.74, 6) is 2.87. The van der Waals surface area contributed by atoms with Crippen molar-refractivity contribution in [2.24, 2.45) is 0 Å². The Kier molecular flexibility index (Phi) is 4.55. The average molecular weight is 265 g/mol. The van der Waals surface area contributed by atoms with Gasteiger partial charge in [-0.25, -0.2) is 0 Å². The molecule has 0 radical (unpaired) electrons. The van der Waals surface area contributed by atoms with Gasteiger partial charge in [-0.2, -0.15) is 0 Å². The molecule has 0 aliphatic carbocycles. The highest BCUT2D eigenvalue weighted by Crippen LogP contribution is 2.43. The summed E-state index contributed by atoms with van der Waals surface area (Å²) in [5, 5.41) is 6.51. The smallest absolute Gasteiger partial charge is 0.0691 e. The monoisotopic (exact) mass is 265 g/mol.